The normalized spacial score (nSPS) is 18.5. The second-order valence-electron chi connectivity index (χ2n) is 6.31. The maximum absolute atomic E-state index is 12.3. The molecule has 2 aromatic rings. The third-order valence-corrected chi connectivity index (χ3v) is 4.55. The largest absolute Gasteiger partial charge is 0.461 e. The Labute approximate surface area is 151 Å². The van der Waals surface area contributed by atoms with Crippen LogP contribution in [0.3, 0.4) is 0 Å². The lowest BCUT2D eigenvalue weighted by molar-refractivity contribution is -0.165. The summed E-state index contributed by atoms with van der Waals surface area (Å²) in [6.45, 7) is 0.205. The third kappa shape index (κ3) is 4.36. The molecule has 26 heavy (non-hydrogen) atoms. The van der Waals surface area contributed by atoms with Crippen LogP contribution < -0.4 is 0 Å². The molecule has 5 nitrogen and oxygen atoms in total. The number of Topliss-reactive ketones (excluding diaryl/α,β-unsaturated/α-hetero) is 1. The number of rotatable bonds is 7. The Balaban J connectivity index is 1.48. The fourth-order valence-corrected chi connectivity index (χ4v) is 2.88. The van der Waals surface area contributed by atoms with Gasteiger partial charge in [0, 0.05) is 5.92 Å². The Morgan fingerprint density at radius 3 is 1.73 bits per heavy atom. The van der Waals surface area contributed by atoms with Gasteiger partial charge in [0.2, 0.25) is 5.78 Å². The number of ketones is 1. The first-order valence-electron chi connectivity index (χ1n) is 8.60. The van der Waals surface area contributed by atoms with Gasteiger partial charge >= 0.3 is 11.9 Å². The Bertz CT molecular complexity index is 770. The summed E-state index contributed by atoms with van der Waals surface area (Å²) in [5, 5.41) is 0. The molecule has 134 valence electrons. The lowest BCUT2D eigenvalue weighted by Gasteiger charge is -2.32. The van der Waals surface area contributed by atoms with Crippen molar-refractivity contribution in [2.24, 2.45) is 11.8 Å². The fourth-order valence-electron chi connectivity index (χ4n) is 2.88. The minimum atomic E-state index is -0.889. The predicted molar refractivity (Wildman–Crippen MR) is 93.7 cm³/mol. The van der Waals surface area contributed by atoms with E-state index in [0.29, 0.717) is 12.8 Å². The number of hydrogen-bond donors (Lipinski definition) is 0. The van der Waals surface area contributed by atoms with Gasteiger partial charge in [0.25, 0.3) is 0 Å². The number of benzene rings is 2. The minimum absolute atomic E-state index is 0.0429. The molecule has 2 aromatic carbocycles. The minimum Gasteiger partial charge on any atom is -0.461 e. The number of carbonyl (C=O) groups excluding carboxylic acids is 3. The molecule has 1 aliphatic carbocycles. The highest BCUT2D eigenvalue weighted by Crippen LogP contribution is 2.36. The lowest BCUT2D eigenvalue weighted by Crippen LogP contribution is -2.42. The van der Waals surface area contributed by atoms with Crippen molar-refractivity contribution < 1.29 is 23.9 Å². The second-order valence-corrected chi connectivity index (χ2v) is 6.31. The molecule has 0 spiro atoms. The van der Waals surface area contributed by atoms with E-state index in [1.54, 1.807) is 0 Å². The van der Waals surface area contributed by atoms with Gasteiger partial charge < -0.3 is 9.47 Å². The topological polar surface area (TPSA) is 69.7 Å². The molecule has 3 rings (SSSR count). The molecule has 0 amide bonds. The van der Waals surface area contributed by atoms with Crippen molar-refractivity contribution in [3.05, 3.63) is 71.8 Å². The van der Waals surface area contributed by atoms with Gasteiger partial charge in [0.1, 0.15) is 13.2 Å². The van der Waals surface area contributed by atoms with E-state index in [4.69, 9.17) is 9.47 Å². The Morgan fingerprint density at radius 1 is 0.731 bits per heavy atom. The van der Waals surface area contributed by atoms with Crippen molar-refractivity contribution in [3.8, 4) is 0 Å². The molecule has 5 heteroatoms. The molecule has 1 saturated carbocycles. The van der Waals surface area contributed by atoms with Crippen molar-refractivity contribution in [3.63, 3.8) is 0 Å². The Hall–Kier alpha value is -2.95. The number of esters is 2. The van der Waals surface area contributed by atoms with Crippen molar-refractivity contribution in [2.75, 3.05) is 0 Å². The molecule has 1 aliphatic rings. The first-order chi connectivity index (χ1) is 12.6. The standard InChI is InChI=1S/C21H20O5/c22-19(21(24)26-14-16-9-5-2-6-10-16)17-11-12-18(17)20(23)25-13-15-7-3-1-4-8-15/h1-10,17-18H,11-14H2/t17-,18+/m1/s1. The molecular weight excluding hydrogens is 332 g/mol. The second kappa shape index (κ2) is 8.43. The van der Waals surface area contributed by atoms with Crippen molar-refractivity contribution in [1.29, 1.82) is 0 Å². The molecule has 1 fully saturated rings. The molecule has 0 bridgehead atoms. The molecular formula is C21H20O5. The maximum atomic E-state index is 12.3. The van der Waals surface area contributed by atoms with E-state index < -0.39 is 29.6 Å². The van der Waals surface area contributed by atoms with Crippen molar-refractivity contribution >= 4 is 17.7 Å². The molecule has 0 saturated heterocycles. The van der Waals surface area contributed by atoms with E-state index in [-0.39, 0.29) is 13.2 Å². The van der Waals surface area contributed by atoms with E-state index >= 15 is 0 Å². The van der Waals surface area contributed by atoms with E-state index in [9.17, 15) is 14.4 Å². The van der Waals surface area contributed by atoms with E-state index in [1.165, 1.54) is 0 Å². The van der Waals surface area contributed by atoms with Crippen LogP contribution in [0.15, 0.2) is 60.7 Å². The van der Waals surface area contributed by atoms with Gasteiger partial charge in [0.15, 0.2) is 0 Å². The van der Waals surface area contributed by atoms with Crippen LogP contribution in [0.25, 0.3) is 0 Å². The monoisotopic (exact) mass is 352 g/mol. The summed E-state index contributed by atoms with van der Waals surface area (Å²) in [7, 11) is 0. The molecule has 2 atom stereocenters. The van der Waals surface area contributed by atoms with Crippen LogP contribution in [0.2, 0.25) is 0 Å². The highest BCUT2D eigenvalue weighted by Gasteiger charge is 2.45. The van der Waals surface area contributed by atoms with Gasteiger partial charge in [-0.2, -0.15) is 0 Å². The highest BCUT2D eigenvalue weighted by atomic mass is 16.5. The Kier molecular flexibility index (Phi) is 5.79. The van der Waals surface area contributed by atoms with Gasteiger partial charge in [-0.3, -0.25) is 9.59 Å². The zero-order valence-electron chi connectivity index (χ0n) is 14.3. The summed E-state index contributed by atoms with van der Waals surface area (Å²) in [5.74, 6) is -3.17. The molecule has 0 radical (unpaired) electrons. The predicted octanol–water partition coefficient (Wildman–Crippen LogP) is 3.07. The van der Waals surface area contributed by atoms with Crippen LogP contribution in [-0.2, 0) is 37.1 Å². The maximum Gasteiger partial charge on any atom is 0.375 e. The summed E-state index contributed by atoms with van der Waals surface area (Å²) in [4.78, 5) is 36.4. The third-order valence-electron chi connectivity index (χ3n) is 4.55. The molecule has 0 unspecified atom stereocenters. The van der Waals surface area contributed by atoms with Crippen LogP contribution in [0, 0.1) is 11.8 Å². The molecule has 0 N–H and O–H groups in total. The van der Waals surface area contributed by atoms with Crippen LogP contribution in [-0.4, -0.2) is 17.7 Å². The number of carbonyl (C=O) groups is 3. The average molecular weight is 352 g/mol. The first-order valence-corrected chi connectivity index (χ1v) is 8.60. The zero-order valence-corrected chi connectivity index (χ0v) is 14.3. The Morgan fingerprint density at radius 2 is 1.23 bits per heavy atom. The summed E-state index contributed by atoms with van der Waals surface area (Å²) < 4.78 is 10.3. The van der Waals surface area contributed by atoms with E-state index in [0.717, 1.165) is 11.1 Å². The lowest BCUT2D eigenvalue weighted by atomic mass is 9.71. The molecule has 0 aliphatic heterocycles. The quantitative estimate of drug-likeness (QED) is 0.566. The van der Waals surface area contributed by atoms with Crippen LogP contribution >= 0.6 is 0 Å². The van der Waals surface area contributed by atoms with Crippen LogP contribution in [0.1, 0.15) is 24.0 Å². The summed E-state index contributed by atoms with van der Waals surface area (Å²) >= 11 is 0. The van der Waals surface area contributed by atoms with E-state index in [2.05, 4.69) is 0 Å². The molecule has 0 aromatic heterocycles. The van der Waals surface area contributed by atoms with Gasteiger partial charge in [-0.1, -0.05) is 60.7 Å². The number of ether oxygens (including phenoxy) is 2. The first kappa shape index (κ1) is 17.9. The molecule has 0 heterocycles. The highest BCUT2D eigenvalue weighted by molar-refractivity contribution is 6.35. The smallest absolute Gasteiger partial charge is 0.375 e. The van der Waals surface area contributed by atoms with Gasteiger partial charge in [0.05, 0.1) is 5.92 Å². The summed E-state index contributed by atoms with van der Waals surface area (Å²) in [6, 6.07) is 18.5. The van der Waals surface area contributed by atoms with Gasteiger partial charge in [-0.15, -0.1) is 0 Å². The number of hydrogen-bond acceptors (Lipinski definition) is 5. The van der Waals surface area contributed by atoms with Crippen molar-refractivity contribution in [1.82, 2.24) is 0 Å². The van der Waals surface area contributed by atoms with Gasteiger partial charge in [-0.25, -0.2) is 4.79 Å². The van der Waals surface area contributed by atoms with E-state index in [1.807, 2.05) is 60.7 Å². The zero-order chi connectivity index (χ0) is 18.4. The average Bonchev–Trinajstić information content (AvgIpc) is 2.65. The summed E-state index contributed by atoms with van der Waals surface area (Å²) in [5.41, 5.74) is 1.69. The van der Waals surface area contributed by atoms with Gasteiger partial charge in [-0.05, 0) is 24.0 Å². The van der Waals surface area contributed by atoms with Crippen LogP contribution in [0.4, 0.5) is 0 Å². The van der Waals surface area contributed by atoms with Crippen LogP contribution in [0.5, 0.6) is 0 Å². The summed E-state index contributed by atoms with van der Waals surface area (Å²) in [6.07, 6.45) is 1.06. The fraction of sp³-hybridized carbons (Fsp3) is 0.286. The van der Waals surface area contributed by atoms with Crippen molar-refractivity contribution in [2.45, 2.75) is 26.1 Å². The SMILES string of the molecule is O=C(OCc1ccccc1)C(=O)[C@@H]1CC[C@@H]1C(=O)OCc1ccccc1.